The first-order valence-electron chi connectivity index (χ1n) is 9.14. The van der Waals surface area contributed by atoms with Crippen LogP contribution in [-0.2, 0) is 0 Å². The van der Waals surface area contributed by atoms with E-state index in [4.69, 9.17) is 4.74 Å². The second-order valence-corrected chi connectivity index (χ2v) is 6.46. The van der Waals surface area contributed by atoms with Gasteiger partial charge in [0.1, 0.15) is 11.4 Å². The van der Waals surface area contributed by atoms with Gasteiger partial charge in [0, 0.05) is 25.0 Å². The quantitative estimate of drug-likeness (QED) is 0.716. The Morgan fingerprint density at radius 1 is 0.963 bits per heavy atom. The maximum absolute atomic E-state index is 12.7. The first kappa shape index (κ1) is 17.1. The molecule has 0 radical (unpaired) electrons. The van der Waals surface area contributed by atoms with E-state index >= 15 is 0 Å². The van der Waals surface area contributed by atoms with Gasteiger partial charge in [-0.25, -0.2) is 0 Å². The van der Waals surface area contributed by atoms with Crippen molar-refractivity contribution >= 4 is 17.3 Å². The molecule has 0 spiro atoms. The summed E-state index contributed by atoms with van der Waals surface area (Å²) >= 11 is 0. The van der Waals surface area contributed by atoms with E-state index in [1.54, 1.807) is 6.20 Å². The van der Waals surface area contributed by atoms with Crippen LogP contribution in [0.1, 0.15) is 23.3 Å². The number of amides is 1. The average molecular weight is 359 g/mol. The Morgan fingerprint density at radius 2 is 1.70 bits per heavy atom. The summed E-state index contributed by atoms with van der Waals surface area (Å²) in [5.41, 5.74) is 2.05. The Balaban J connectivity index is 1.52. The van der Waals surface area contributed by atoms with Crippen molar-refractivity contribution in [2.24, 2.45) is 0 Å². The fourth-order valence-electron chi connectivity index (χ4n) is 3.18. The summed E-state index contributed by atoms with van der Waals surface area (Å²) in [5.74, 6) is 1.06. The second-order valence-electron chi connectivity index (χ2n) is 6.46. The molecule has 3 aromatic rings. The fraction of sp³-hybridized carbons (Fsp3) is 0.182. The molecular weight excluding hydrogens is 338 g/mol. The lowest BCUT2D eigenvalue weighted by Crippen LogP contribution is -2.19. The Labute approximate surface area is 158 Å². The Bertz CT molecular complexity index is 922. The number of ether oxygens (including phenoxy) is 1. The highest BCUT2D eigenvalue weighted by Crippen LogP contribution is 2.29. The monoisotopic (exact) mass is 359 g/mol. The summed E-state index contributed by atoms with van der Waals surface area (Å²) in [6.45, 7) is 2.05. The lowest BCUT2D eigenvalue weighted by atomic mass is 10.2. The van der Waals surface area contributed by atoms with E-state index in [0.717, 1.165) is 18.8 Å². The van der Waals surface area contributed by atoms with Gasteiger partial charge >= 0.3 is 0 Å². The van der Waals surface area contributed by atoms with Gasteiger partial charge < -0.3 is 15.0 Å². The number of pyridine rings is 1. The zero-order valence-corrected chi connectivity index (χ0v) is 15.0. The molecule has 0 aliphatic carbocycles. The van der Waals surface area contributed by atoms with E-state index in [1.807, 2.05) is 66.7 Å². The van der Waals surface area contributed by atoms with E-state index in [0.29, 0.717) is 22.9 Å². The number of carbonyl (C=O) groups excluding carboxylic acids is 1. The van der Waals surface area contributed by atoms with Crippen molar-refractivity contribution in [2.45, 2.75) is 12.8 Å². The van der Waals surface area contributed by atoms with Crippen molar-refractivity contribution in [3.05, 3.63) is 78.6 Å². The second kappa shape index (κ2) is 7.91. The number of para-hydroxylation sites is 3. The van der Waals surface area contributed by atoms with Crippen LogP contribution in [0, 0.1) is 0 Å². The maximum Gasteiger partial charge on any atom is 0.274 e. The Kier molecular flexibility index (Phi) is 5.01. The minimum Gasteiger partial charge on any atom is -0.455 e. The number of aromatic nitrogens is 1. The molecular formula is C22H21N3O2. The molecule has 1 N–H and O–H groups in total. The van der Waals surface area contributed by atoms with E-state index < -0.39 is 0 Å². The van der Waals surface area contributed by atoms with Crippen LogP contribution < -0.4 is 15.0 Å². The van der Waals surface area contributed by atoms with E-state index in [-0.39, 0.29) is 5.91 Å². The Hall–Kier alpha value is -3.34. The number of carbonyl (C=O) groups is 1. The summed E-state index contributed by atoms with van der Waals surface area (Å²) in [7, 11) is 0. The molecule has 0 bridgehead atoms. The van der Waals surface area contributed by atoms with Gasteiger partial charge in [-0.15, -0.1) is 0 Å². The molecule has 1 aliphatic rings. The maximum atomic E-state index is 12.7. The lowest BCUT2D eigenvalue weighted by Gasteiger charge is -2.18. The van der Waals surface area contributed by atoms with Gasteiger partial charge in [-0.2, -0.15) is 0 Å². The van der Waals surface area contributed by atoms with E-state index in [9.17, 15) is 4.79 Å². The van der Waals surface area contributed by atoms with Crippen LogP contribution in [0.5, 0.6) is 11.5 Å². The standard InChI is InChI=1S/C22H21N3O2/c26-22(20-16-17(12-13-23-20)25-14-6-7-15-25)24-19-10-4-5-11-21(19)27-18-8-2-1-3-9-18/h1-5,8-13,16H,6-7,14-15H2,(H,24,26). The largest absolute Gasteiger partial charge is 0.455 e. The van der Waals surface area contributed by atoms with Crippen LogP contribution in [0.15, 0.2) is 72.9 Å². The smallest absolute Gasteiger partial charge is 0.274 e. The number of benzene rings is 2. The summed E-state index contributed by atoms with van der Waals surface area (Å²) in [4.78, 5) is 19.3. The van der Waals surface area contributed by atoms with Gasteiger partial charge in [0.15, 0.2) is 5.75 Å². The van der Waals surface area contributed by atoms with Crippen molar-refractivity contribution in [3.8, 4) is 11.5 Å². The SMILES string of the molecule is O=C(Nc1ccccc1Oc1ccccc1)c1cc(N2CCCC2)ccn1. The third-order valence-corrected chi connectivity index (χ3v) is 4.55. The topological polar surface area (TPSA) is 54.5 Å². The van der Waals surface area contributed by atoms with E-state index in [2.05, 4.69) is 15.2 Å². The van der Waals surface area contributed by atoms with Gasteiger partial charge in [0.25, 0.3) is 5.91 Å². The molecule has 2 heterocycles. The summed E-state index contributed by atoms with van der Waals surface area (Å²) < 4.78 is 5.91. The molecule has 27 heavy (non-hydrogen) atoms. The molecule has 0 saturated carbocycles. The van der Waals surface area contributed by atoms with Gasteiger partial charge in [-0.05, 0) is 49.2 Å². The van der Waals surface area contributed by atoms with Crippen LogP contribution in [0.2, 0.25) is 0 Å². The zero-order valence-electron chi connectivity index (χ0n) is 15.0. The molecule has 0 unspecified atom stereocenters. The van der Waals surface area contributed by atoms with Gasteiger partial charge in [-0.3, -0.25) is 9.78 Å². The van der Waals surface area contributed by atoms with Gasteiger partial charge in [0.05, 0.1) is 5.69 Å². The third kappa shape index (κ3) is 4.08. The summed E-state index contributed by atoms with van der Waals surface area (Å²) in [5, 5.41) is 2.92. The third-order valence-electron chi connectivity index (χ3n) is 4.55. The number of anilines is 2. The molecule has 0 atom stereocenters. The molecule has 5 nitrogen and oxygen atoms in total. The van der Waals surface area contributed by atoms with Crippen LogP contribution in [0.3, 0.4) is 0 Å². The van der Waals surface area contributed by atoms with E-state index in [1.165, 1.54) is 12.8 Å². The molecule has 1 fully saturated rings. The number of hydrogen-bond acceptors (Lipinski definition) is 4. The fourth-order valence-corrected chi connectivity index (χ4v) is 3.18. The summed E-state index contributed by atoms with van der Waals surface area (Å²) in [6, 6.07) is 20.7. The van der Waals surface area contributed by atoms with Crippen LogP contribution in [0.25, 0.3) is 0 Å². The molecule has 136 valence electrons. The van der Waals surface area contributed by atoms with Crippen molar-refractivity contribution in [1.82, 2.24) is 4.98 Å². The molecule has 1 saturated heterocycles. The van der Waals surface area contributed by atoms with Crippen molar-refractivity contribution in [2.75, 3.05) is 23.3 Å². The van der Waals surface area contributed by atoms with Crippen LogP contribution >= 0.6 is 0 Å². The Morgan fingerprint density at radius 3 is 2.52 bits per heavy atom. The first-order chi connectivity index (χ1) is 13.3. The molecule has 1 aromatic heterocycles. The molecule has 1 amide bonds. The minimum absolute atomic E-state index is 0.250. The predicted molar refractivity (Wildman–Crippen MR) is 107 cm³/mol. The number of nitrogens with one attached hydrogen (secondary N) is 1. The molecule has 4 rings (SSSR count). The highest BCUT2D eigenvalue weighted by atomic mass is 16.5. The zero-order chi connectivity index (χ0) is 18.5. The normalized spacial score (nSPS) is 13.4. The van der Waals surface area contributed by atoms with Crippen LogP contribution in [0.4, 0.5) is 11.4 Å². The van der Waals surface area contributed by atoms with Crippen molar-refractivity contribution in [3.63, 3.8) is 0 Å². The first-order valence-corrected chi connectivity index (χ1v) is 9.14. The molecule has 1 aliphatic heterocycles. The number of hydrogen-bond donors (Lipinski definition) is 1. The lowest BCUT2D eigenvalue weighted by molar-refractivity contribution is 0.102. The minimum atomic E-state index is -0.250. The van der Waals surface area contributed by atoms with Crippen molar-refractivity contribution in [1.29, 1.82) is 0 Å². The highest BCUT2D eigenvalue weighted by molar-refractivity contribution is 6.04. The summed E-state index contributed by atoms with van der Waals surface area (Å²) in [6.07, 6.45) is 4.07. The number of rotatable bonds is 5. The van der Waals surface area contributed by atoms with Gasteiger partial charge in [-0.1, -0.05) is 30.3 Å². The predicted octanol–water partition coefficient (Wildman–Crippen LogP) is 4.73. The van der Waals surface area contributed by atoms with Gasteiger partial charge in [0.2, 0.25) is 0 Å². The highest BCUT2D eigenvalue weighted by Gasteiger charge is 2.16. The average Bonchev–Trinajstić information content (AvgIpc) is 3.25. The number of nitrogens with zero attached hydrogens (tertiary/aromatic N) is 2. The van der Waals surface area contributed by atoms with Crippen LogP contribution in [-0.4, -0.2) is 24.0 Å². The van der Waals surface area contributed by atoms with Crippen molar-refractivity contribution < 1.29 is 9.53 Å². The molecule has 5 heteroatoms. The molecule has 2 aromatic carbocycles.